The Hall–Kier alpha value is -2.89. The van der Waals surface area contributed by atoms with Gasteiger partial charge in [0.05, 0.1) is 48.0 Å². The predicted molar refractivity (Wildman–Crippen MR) is 157 cm³/mol. The normalized spacial score (nSPS) is 21.4. The van der Waals surface area contributed by atoms with Crippen molar-refractivity contribution >= 4 is 29.2 Å². The number of phosphoric acid groups is 3. The van der Waals surface area contributed by atoms with Crippen LogP contribution in [0.15, 0.2) is 34.0 Å². The summed E-state index contributed by atoms with van der Waals surface area (Å²) in [6.45, 7) is 2.10. The van der Waals surface area contributed by atoms with E-state index in [4.69, 9.17) is 25.0 Å². The Labute approximate surface area is 264 Å². The Balaban J connectivity index is 1.76. The molecule has 0 amide bonds. The molecule has 3 unspecified atom stereocenters. The van der Waals surface area contributed by atoms with E-state index in [9.17, 15) is 48.3 Å². The van der Waals surface area contributed by atoms with Crippen LogP contribution in [0.1, 0.15) is 49.3 Å². The fourth-order valence-corrected chi connectivity index (χ4v) is 7.37. The molecule has 24 heteroatoms. The second-order valence-electron chi connectivity index (χ2n) is 10.2. The number of aliphatic hydroxyl groups is 1. The van der Waals surface area contributed by atoms with Gasteiger partial charge in [-0.2, -0.15) is 8.62 Å². The lowest BCUT2D eigenvalue weighted by atomic mass is 9.96. The van der Waals surface area contributed by atoms with E-state index in [0.29, 0.717) is 5.56 Å². The second kappa shape index (κ2) is 15.6. The summed E-state index contributed by atoms with van der Waals surface area (Å²) in [5.41, 5.74) is 3.71. The highest BCUT2D eigenvalue weighted by molar-refractivity contribution is 7.66. The van der Waals surface area contributed by atoms with Crippen molar-refractivity contribution in [3.8, 4) is 11.8 Å². The van der Waals surface area contributed by atoms with Gasteiger partial charge in [0.15, 0.2) is 0 Å². The van der Waals surface area contributed by atoms with E-state index < -0.39 is 77.4 Å². The predicted octanol–water partition coefficient (Wildman–Crippen LogP) is 0.661. The molecular weight excluding hydrogens is 697 g/mol. The number of nitro groups is 1. The van der Waals surface area contributed by atoms with Crippen LogP contribution in [-0.2, 0) is 42.9 Å². The number of ether oxygens (including phenoxy) is 2. The number of nitrogens with zero attached hydrogens (tertiary/aromatic N) is 2. The summed E-state index contributed by atoms with van der Waals surface area (Å²) in [6, 6.07) is 4.30. The monoisotopic (exact) mass is 728 g/mol. The zero-order valence-electron chi connectivity index (χ0n) is 24.5. The third-order valence-corrected chi connectivity index (χ3v) is 10.1. The van der Waals surface area contributed by atoms with Crippen LogP contribution < -0.4 is 17.0 Å². The number of nitro benzene ring substituents is 1. The average Bonchev–Trinajstić information content (AvgIpc) is 3.29. The zero-order chi connectivity index (χ0) is 35.3. The molecule has 0 spiro atoms. The van der Waals surface area contributed by atoms with Gasteiger partial charge in [0, 0.05) is 24.2 Å². The van der Waals surface area contributed by atoms with Crippen LogP contribution in [-0.4, -0.2) is 64.5 Å². The summed E-state index contributed by atoms with van der Waals surface area (Å²) in [5, 5.41) is 22.2. The highest BCUT2D eigenvalue weighted by Crippen LogP contribution is 2.66. The molecule has 1 fully saturated rings. The smallest absolute Gasteiger partial charge is 0.390 e. The van der Waals surface area contributed by atoms with Gasteiger partial charge in [0.25, 0.3) is 11.2 Å². The number of rotatable bonds is 14. The van der Waals surface area contributed by atoms with Gasteiger partial charge in [-0.05, 0) is 18.1 Å². The van der Waals surface area contributed by atoms with Crippen molar-refractivity contribution in [1.82, 2.24) is 9.55 Å². The Morgan fingerprint density at radius 3 is 2.45 bits per heavy atom. The minimum atomic E-state index is -5.78. The van der Waals surface area contributed by atoms with E-state index in [-0.39, 0.29) is 35.7 Å². The fourth-order valence-electron chi connectivity index (χ4n) is 4.34. The molecule has 1 aromatic heterocycles. The van der Waals surface area contributed by atoms with Crippen LogP contribution in [0.2, 0.25) is 0 Å². The molecular formula is C23H31N4O17P3. The number of benzene rings is 1. The van der Waals surface area contributed by atoms with Gasteiger partial charge in [-0.15, -0.1) is 0 Å². The lowest BCUT2D eigenvalue weighted by molar-refractivity contribution is -0.386. The molecule has 0 aliphatic carbocycles. The number of aliphatic hydroxyl groups excluding tert-OH is 1. The number of aromatic amines is 1. The second-order valence-corrected chi connectivity index (χ2v) is 14.6. The minimum absolute atomic E-state index is 0.0531. The summed E-state index contributed by atoms with van der Waals surface area (Å²) in [4.78, 5) is 74.7. The molecule has 1 aromatic carbocycles. The zero-order valence-corrected chi connectivity index (χ0v) is 27.2. The Morgan fingerprint density at radius 1 is 1.17 bits per heavy atom. The summed E-state index contributed by atoms with van der Waals surface area (Å²) in [6.07, 6.45) is -4.35. The minimum Gasteiger partial charge on any atom is -0.390 e. The maximum Gasteiger partial charge on any atom is 0.490 e. The summed E-state index contributed by atoms with van der Waals surface area (Å²) in [7, 11) is -16.9. The third-order valence-electron chi connectivity index (χ3n) is 6.27. The van der Waals surface area contributed by atoms with Crippen molar-refractivity contribution < 1.29 is 65.9 Å². The van der Waals surface area contributed by atoms with Crippen LogP contribution in [0, 0.1) is 27.9 Å². The molecule has 2 aromatic rings. The molecule has 1 aliphatic rings. The quantitative estimate of drug-likeness (QED) is 0.0608. The third kappa shape index (κ3) is 11.1. The van der Waals surface area contributed by atoms with E-state index in [2.05, 4.69) is 30.0 Å². The van der Waals surface area contributed by atoms with Crippen LogP contribution in [0.3, 0.4) is 0 Å². The van der Waals surface area contributed by atoms with Crippen molar-refractivity contribution in [3.63, 3.8) is 0 Å². The highest BCUT2D eigenvalue weighted by atomic mass is 31.3. The topological polar surface area (TPSA) is 323 Å². The highest BCUT2D eigenvalue weighted by Gasteiger charge is 2.43. The van der Waals surface area contributed by atoms with Crippen LogP contribution >= 0.6 is 23.5 Å². The van der Waals surface area contributed by atoms with Crippen molar-refractivity contribution in [2.75, 3.05) is 13.2 Å². The SMILES string of the molecule is CC(C)C(OCc1cn([C@H]2C[C@H](O)[C@@H](COP(=O)(O)OP(=O)(O)OP(=O)(O)O)O2)c(=O)[nH]c1=O)c1ccc(C#CCN)cc1[N+](=O)[O-]. The van der Waals surface area contributed by atoms with Crippen molar-refractivity contribution in [1.29, 1.82) is 0 Å². The van der Waals surface area contributed by atoms with Gasteiger partial charge in [0.2, 0.25) is 0 Å². The Kier molecular flexibility index (Phi) is 12.8. The fraction of sp³-hybridized carbons (Fsp3) is 0.478. The lowest BCUT2D eigenvalue weighted by Gasteiger charge is -2.22. The van der Waals surface area contributed by atoms with Crippen LogP contribution in [0.4, 0.5) is 5.69 Å². The molecule has 0 radical (unpaired) electrons. The van der Waals surface area contributed by atoms with E-state index in [0.717, 1.165) is 10.8 Å². The standard InChI is InChI=1S/C23H31N4O17P3/c1-13(2)21(16-6-5-14(4-3-7-24)8-17(16)27(31)32)40-11-15-10-26(23(30)25-22(15)29)20-9-18(28)19(42-20)12-41-46(36,37)44-47(38,39)43-45(33,34)35/h5-6,8,10,13,18-21,28H,7,9,11-12,24H2,1-2H3,(H,36,37)(H,38,39)(H,25,29,30)(H2,33,34,35)/t18-,19+,20+,21?/m0/s1. The number of hydrogen-bond donors (Lipinski definition) is 7. The lowest BCUT2D eigenvalue weighted by Crippen LogP contribution is -2.34. The Morgan fingerprint density at radius 2 is 1.85 bits per heavy atom. The number of H-pyrrole nitrogens is 1. The van der Waals surface area contributed by atoms with Crippen molar-refractivity contribution in [2.24, 2.45) is 11.7 Å². The number of phosphoric ester groups is 1. The van der Waals surface area contributed by atoms with Crippen LogP contribution in [0.5, 0.6) is 0 Å². The van der Waals surface area contributed by atoms with E-state index in [1.807, 2.05) is 0 Å². The Bertz CT molecular complexity index is 1790. The molecule has 6 atom stereocenters. The van der Waals surface area contributed by atoms with E-state index in [1.165, 1.54) is 12.1 Å². The molecule has 260 valence electrons. The number of nitrogens with one attached hydrogen (secondary N) is 1. The van der Waals surface area contributed by atoms with E-state index in [1.54, 1.807) is 19.9 Å². The maximum absolute atomic E-state index is 12.6. The first-order valence-electron chi connectivity index (χ1n) is 13.3. The first kappa shape index (κ1) is 38.6. The first-order valence-corrected chi connectivity index (χ1v) is 17.8. The molecule has 0 saturated carbocycles. The van der Waals surface area contributed by atoms with Gasteiger partial charge < -0.3 is 39.9 Å². The van der Waals surface area contributed by atoms with Gasteiger partial charge in [-0.25, -0.2) is 18.5 Å². The number of nitrogens with two attached hydrogens (primary N) is 1. The van der Waals surface area contributed by atoms with Crippen molar-refractivity contribution in [3.05, 3.63) is 72.0 Å². The largest absolute Gasteiger partial charge is 0.490 e. The van der Waals surface area contributed by atoms with Crippen LogP contribution in [0.25, 0.3) is 0 Å². The summed E-state index contributed by atoms with van der Waals surface area (Å²) in [5.74, 6) is 5.00. The van der Waals surface area contributed by atoms with Crippen molar-refractivity contribution in [2.45, 2.75) is 51.4 Å². The van der Waals surface area contributed by atoms with Gasteiger partial charge in [0.1, 0.15) is 12.3 Å². The molecule has 0 bridgehead atoms. The first-order chi connectivity index (χ1) is 21.7. The van der Waals surface area contributed by atoms with Gasteiger partial charge in [-0.3, -0.25) is 29.0 Å². The molecule has 47 heavy (non-hydrogen) atoms. The number of aromatic nitrogens is 2. The van der Waals surface area contributed by atoms with E-state index >= 15 is 0 Å². The summed E-state index contributed by atoms with van der Waals surface area (Å²) < 4.78 is 58.3. The summed E-state index contributed by atoms with van der Waals surface area (Å²) >= 11 is 0. The number of hydrogen-bond acceptors (Lipinski definition) is 14. The molecule has 8 N–H and O–H groups in total. The van der Waals surface area contributed by atoms with Gasteiger partial charge in [-0.1, -0.05) is 25.7 Å². The molecule has 3 rings (SSSR count). The van der Waals surface area contributed by atoms with Gasteiger partial charge >= 0.3 is 29.2 Å². The molecule has 21 nitrogen and oxygen atoms in total. The molecule has 1 saturated heterocycles. The average molecular weight is 728 g/mol. The molecule has 2 heterocycles. The molecule has 1 aliphatic heterocycles. The maximum atomic E-state index is 12.6.